The third-order valence-corrected chi connectivity index (χ3v) is 8.18. The lowest BCUT2D eigenvalue weighted by molar-refractivity contribution is -0.384. The number of nitro groups is 1. The Kier molecular flexibility index (Phi) is 6.52. The number of carbonyl (C=O) groups is 2. The molecule has 2 aromatic rings. The van der Waals surface area contributed by atoms with Crippen molar-refractivity contribution in [3.63, 3.8) is 0 Å². The molecule has 0 bridgehead atoms. The smallest absolute Gasteiger partial charge is 0.294 e. The Morgan fingerprint density at radius 3 is 2.39 bits per heavy atom. The lowest BCUT2D eigenvalue weighted by atomic mass is 9.93. The Bertz CT molecular complexity index is 1380. The fourth-order valence-corrected chi connectivity index (χ4v) is 5.79. The van der Waals surface area contributed by atoms with Gasteiger partial charge >= 0.3 is 0 Å². The quantitative estimate of drug-likeness (QED) is 0.399. The third kappa shape index (κ3) is 5.03. The third-order valence-electron chi connectivity index (χ3n) is 7.72. The van der Waals surface area contributed by atoms with Gasteiger partial charge in [-0.25, -0.2) is 8.78 Å². The summed E-state index contributed by atoms with van der Waals surface area (Å²) >= 11 is 3.21. The molecule has 1 aromatic heterocycles. The number of H-pyrrole nitrogens is 1. The number of rotatable bonds is 5. The maximum absolute atomic E-state index is 15.2. The van der Waals surface area contributed by atoms with Crippen LogP contribution in [0.15, 0.2) is 33.5 Å². The van der Waals surface area contributed by atoms with E-state index in [-0.39, 0.29) is 21.3 Å². The summed E-state index contributed by atoms with van der Waals surface area (Å²) in [5.41, 5.74) is -0.778. The van der Waals surface area contributed by atoms with Gasteiger partial charge in [0, 0.05) is 47.5 Å². The van der Waals surface area contributed by atoms with Crippen molar-refractivity contribution in [3.8, 4) is 0 Å². The molecule has 2 amide bonds. The van der Waals surface area contributed by atoms with E-state index in [1.165, 1.54) is 12.1 Å². The first-order valence-corrected chi connectivity index (χ1v) is 13.1. The zero-order valence-corrected chi connectivity index (χ0v) is 22.1. The number of nitrogens with one attached hydrogen (secondary N) is 2. The molecular weight excluding hydrogens is 568 g/mol. The van der Waals surface area contributed by atoms with Crippen molar-refractivity contribution in [3.05, 3.63) is 66.0 Å². The molecule has 1 saturated carbocycles. The number of halogens is 3. The van der Waals surface area contributed by atoms with Gasteiger partial charge in [-0.2, -0.15) is 0 Å². The maximum Gasteiger partial charge on any atom is 0.294 e. The van der Waals surface area contributed by atoms with E-state index >= 15 is 8.78 Å². The summed E-state index contributed by atoms with van der Waals surface area (Å²) in [6, 6.07) is 3.29. The van der Waals surface area contributed by atoms with Crippen molar-refractivity contribution in [2.24, 2.45) is 5.41 Å². The normalized spacial score (nSPS) is 21.4. The van der Waals surface area contributed by atoms with Crippen LogP contribution in [0.25, 0.3) is 0 Å². The first kappa shape index (κ1) is 26.3. The summed E-state index contributed by atoms with van der Waals surface area (Å²) in [6.07, 6.45) is 3.95. The van der Waals surface area contributed by atoms with Crippen LogP contribution in [0.4, 0.5) is 20.2 Å². The summed E-state index contributed by atoms with van der Waals surface area (Å²) in [7, 11) is 0. The van der Waals surface area contributed by atoms with Crippen LogP contribution in [0.1, 0.15) is 52.1 Å². The van der Waals surface area contributed by atoms with Crippen molar-refractivity contribution in [2.75, 3.05) is 31.5 Å². The second-order valence-electron chi connectivity index (χ2n) is 10.5. The van der Waals surface area contributed by atoms with Crippen molar-refractivity contribution in [1.29, 1.82) is 0 Å². The molecule has 2 saturated heterocycles. The average Bonchev–Trinajstić information content (AvgIpc) is 3.53. The number of anilines is 1. The first-order chi connectivity index (χ1) is 17.9. The summed E-state index contributed by atoms with van der Waals surface area (Å²) in [6.45, 7) is 1.13. The number of nitro benzene ring substituents is 1. The largest absolute Gasteiger partial charge is 0.369 e. The topological polar surface area (TPSA) is 129 Å². The van der Waals surface area contributed by atoms with Gasteiger partial charge in [0.15, 0.2) is 0 Å². The maximum atomic E-state index is 15.2. The molecule has 202 valence electrons. The predicted molar refractivity (Wildman–Crippen MR) is 138 cm³/mol. The highest BCUT2D eigenvalue weighted by atomic mass is 79.9. The van der Waals surface area contributed by atoms with Crippen LogP contribution in [0.3, 0.4) is 0 Å². The molecule has 1 spiro atoms. The molecule has 0 radical (unpaired) electrons. The summed E-state index contributed by atoms with van der Waals surface area (Å²) in [4.78, 5) is 54.4. The van der Waals surface area contributed by atoms with E-state index in [9.17, 15) is 24.5 Å². The number of benzene rings is 1. The second-order valence-corrected chi connectivity index (χ2v) is 11.4. The molecule has 1 aliphatic carbocycles. The molecule has 13 heteroatoms. The van der Waals surface area contributed by atoms with Crippen LogP contribution < -0.4 is 10.9 Å². The number of aryl methyl sites for hydroxylation is 1. The minimum atomic E-state index is -3.46. The van der Waals surface area contributed by atoms with Crippen LogP contribution in [0.5, 0.6) is 0 Å². The number of alkyl halides is 2. The molecule has 2 aliphatic heterocycles. The van der Waals surface area contributed by atoms with Gasteiger partial charge in [-0.1, -0.05) is 15.9 Å². The van der Waals surface area contributed by atoms with E-state index in [1.807, 2.05) is 0 Å². The van der Waals surface area contributed by atoms with Crippen LogP contribution in [-0.2, 0) is 0 Å². The van der Waals surface area contributed by atoms with E-state index in [4.69, 9.17) is 0 Å². The number of carbonyl (C=O) groups excluding carboxylic acids is 2. The molecule has 3 aliphatic rings. The number of amides is 2. The van der Waals surface area contributed by atoms with Crippen molar-refractivity contribution < 1.29 is 23.3 Å². The minimum absolute atomic E-state index is 0.0354. The average molecular weight is 594 g/mol. The first-order valence-electron chi connectivity index (χ1n) is 12.3. The number of piperidine rings is 1. The Hall–Kier alpha value is -3.35. The Labute approximate surface area is 224 Å². The van der Waals surface area contributed by atoms with Crippen LogP contribution in [0, 0.1) is 22.5 Å². The highest BCUT2D eigenvalue weighted by Gasteiger charge is 2.51. The number of aromatic nitrogens is 1. The van der Waals surface area contributed by atoms with Gasteiger partial charge in [-0.3, -0.25) is 24.5 Å². The summed E-state index contributed by atoms with van der Waals surface area (Å²) in [5.74, 6) is -4.69. The van der Waals surface area contributed by atoms with Crippen molar-refractivity contribution in [2.45, 2.75) is 44.6 Å². The van der Waals surface area contributed by atoms with E-state index in [0.717, 1.165) is 42.7 Å². The Morgan fingerprint density at radius 1 is 1.11 bits per heavy atom. The van der Waals surface area contributed by atoms with Gasteiger partial charge in [-0.15, -0.1) is 0 Å². The van der Waals surface area contributed by atoms with Gasteiger partial charge in [0.1, 0.15) is 11.7 Å². The zero-order valence-electron chi connectivity index (χ0n) is 20.6. The van der Waals surface area contributed by atoms with Crippen LogP contribution >= 0.6 is 15.9 Å². The molecule has 5 rings (SSSR count). The zero-order chi connectivity index (χ0) is 27.4. The monoisotopic (exact) mass is 593 g/mol. The highest BCUT2D eigenvalue weighted by molar-refractivity contribution is 9.10. The molecule has 0 unspecified atom stereocenters. The molecule has 10 nitrogen and oxygen atoms in total. The van der Waals surface area contributed by atoms with Crippen LogP contribution in [0.2, 0.25) is 0 Å². The molecule has 1 aromatic carbocycles. The van der Waals surface area contributed by atoms with E-state index in [1.54, 1.807) is 11.8 Å². The summed E-state index contributed by atoms with van der Waals surface area (Å²) < 4.78 is 30.6. The van der Waals surface area contributed by atoms with E-state index in [0.29, 0.717) is 24.2 Å². The lowest BCUT2D eigenvalue weighted by Gasteiger charge is -2.33. The number of likely N-dealkylation sites (tertiary alicyclic amines) is 2. The highest BCUT2D eigenvalue weighted by Crippen LogP contribution is 2.53. The Balaban J connectivity index is 1.43. The minimum Gasteiger partial charge on any atom is -0.369 e. The molecule has 38 heavy (non-hydrogen) atoms. The fourth-order valence-electron chi connectivity index (χ4n) is 5.34. The van der Waals surface area contributed by atoms with Crippen molar-refractivity contribution in [1.82, 2.24) is 14.8 Å². The van der Waals surface area contributed by atoms with Gasteiger partial charge in [0.05, 0.1) is 17.0 Å². The van der Waals surface area contributed by atoms with Gasteiger partial charge in [0.25, 0.3) is 23.4 Å². The SMILES string of the molecule is Cc1cc(C(=O)N2C[C@H](Nc3c(C(=O)N4CCC5(CC4)CC5)cc(Br)cc3[N+](=O)[O-])C(F)(F)C2)cc(=O)[nH]1. The molecule has 1 atom stereocenters. The van der Waals surface area contributed by atoms with E-state index in [2.05, 4.69) is 26.2 Å². The van der Waals surface area contributed by atoms with Gasteiger partial charge < -0.3 is 20.1 Å². The molecule has 3 fully saturated rings. The number of hydrogen-bond donors (Lipinski definition) is 2. The second kappa shape index (κ2) is 9.44. The molecule has 3 heterocycles. The summed E-state index contributed by atoms with van der Waals surface area (Å²) in [5, 5.41) is 14.5. The van der Waals surface area contributed by atoms with E-state index < -0.39 is 53.0 Å². The standard InChI is InChI=1S/C25H26BrF2N5O5/c1-14-8-15(9-20(34)29-14)22(35)32-12-19(25(27,28)13-32)30-21-17(10-16(26)11-18(21)33(37)38)23(36)31-6-4-24(2-3-24)5-7-31/h8-11,19,30H,2-7,12-13H2,1H3,(H,29,34)/t19-/m0/s1. The molecule has 2 N–H and O–H groups in total. The number of pyridine rings is 1. The van der Waals surface area contributed by atoms with Gasteiger partial charge in [0.2, 0.25) is 5.56 Å². The van der Waals surface area contributed by atoms with Gasteiger partial charge in [-0.05, 0) is 50.2 Å². The predicted octanol–water partition coefficient (Wildman–Crippen LogP) is 3.94. The lowest BCUT2D eigenvalue weighted by Crippen LogP contribution is -2.41. The number of aromatic amines is 1. The molecular formula is C25H26BrF2N5O5. The number of hydrogen-bond acceptors (Lipinski definition) is 6. The Morgan fingerprint density at radius 2 is 1.79 bits per heavy atom. The fraction of sp³-hybridized carbons (Fsp3) is 0.480. The number of nitrogens with zero attached hydrogens (tertiary/aromatic N) is 3. The van der Waals surface area contributed by atoms with Crippen LogP contribution in [-0.4, -0.2) is 69.7 Å². The van der Waals surface area contributed by atoms with Crippen molar-refractivity contribution >= 4 is 39.1 Å².